The van der Waals surface area contributed by atoms with Crippen LogP contribution in [0.2, 0.25) is 0 Å². The molecule has 12 heteroatoms. The van der Waals surface area contributed by atoms with E-state index in [1.54, 1.807) is 6.92 Å². The summed E-state index contributed by atoms with van der Waals surface area (Å²) < 4.78 is 59.5. The molecule has 0 unspecified atom stereocenters. The first-order chi connectivity index (χ1) is 16.5. The molecule has 1 amide bonds. The van der Waals surface area contributed by atoms with E-state index in [-0.39, 0.29) is 54.5 Å². The molecule has 2 aromatic heterocycles. The summed E-state index contributed by atoms with van der Waals surface area (Å²) in [6.07, 6.45) is -3.37. The van der Waals surface area contributed by atoms with Crippen molar-refractivity contribution in [3.05, 3.63) is 70.3 Å². The number of aromatic nitrogens is 3. The van der Waals surface area contributed by atoms with Crippen LogP contribution in [0.5, 0.6) is 5.88 Å². The van der Waals surface area contributed by atoms with Gasteiger partial charge in [0.25, 0.3) is 5.91 Å². The number of benzene rings is 1. The summed E-state index contributed by atoms with van der Waals surface area (Å²) in [6, 6.07) is 5.30. The zero-order chi connectivity index (χ0) is 25.8. The normalized spacial score (nSPS) is 11.4. The van der Waals surface area contributed by atoms with Gasteiger partial charge in [-0.1, -0.05) is 6.92 Å². The van der Waals surface area contributed by atoms with Gasteiger partial charge in [-0.15, -0.1) is 0 Å². The molecule has 2 N–H and O–H groups in total. The van der Waals surface area contributed by atoms with Crippen molar-refractivity contribution < 1.29 is 37.0 Å². The molecule has 186 valence electrons. The Labute approximate surface area is 197 Å². The average Bonchev–Trinajstić information content (AvgIpc) is 3.12. The van der Waals surface area contributed by atoms with E-state index in [0.717, 1.165) is 16.8 Å². The zero-order valence-electron chi connectivity index (χ0n) is 18.8. The van der Waals surface area contributed by atoms with Crippen molar-refractivity contribution in [3.8, 4) is 11.7 Å². The fraction of sp³-hybridized carbons (Fsp3) is 0.304. The molecule has 0 fully saturated rings. The molecule has 8 nitrogen and oxygen atoms in total. The summed E-state index contributed by atoms with van der Waals surface area (Å²) in [7, 11) is 0. The Morgan fingerprint density at radius 3 is 2.57 bits per heavy atom. The minimum absolute atomic E-state index is 0.0104. The van der Waals surface area contributed by atoms with Gasteiger partial charge in [0.1, 0.15) is 11.4 Å². The van der Waals surface area contributed by atoms with Gasteiger partial charge in [0, 0.05) is 19.2 Å². The Kier molecular flexibility index (Phi) is 7.85. The lowest BCUT2D eigenvalue weighted by Crippen LogP contribution is -2.27. The monoisotopic (exact) mass is 494 g/mol. The van der Waals surface area contributed by atoms with Crippen LogP contribution >= 0.6 is 0 Å². The van der Waals surface area contributed by atoms with Crippen LogP contribution in [0.25, 0.3) is 5.82 Å². The quantitative estimate of drug-likeness (QED) is 0.368. The molecule has 35 heavy (non-hydrogen) atoms. The van der Waals surface area contributed by atoms with Crippen LogP contribution in [0.3, 0.4) is 0 Å². The van der Waals surface area contributed by atoms with E-state index in [0.29, 0.717) is 11.6 Å². The molecule has 1 aromatic carbocycles. The third kappa shape index (κ3) is 6.21. The molecule has 0 spiro atoms. The van der Waals surface area contributed by atoms with Crippen molar-refractivity contribution in [1.82, 2.24) is 20.1 Å². The molecule has 3 aromatic rings. The van der Waals surface area contributed by atoms with E-state index in [9.17, 15) is 27.2 Å². The molecule has 0 atom stereocenters. The van der Waals surface area contributed by atoms with Crippen LogP contribution in [-0.2, 0) is 17.4 Å². The van der Waals surface area contributed by atoms with Gasteiger partial charge in [0.05, 0.1) is 17.9 Å². The highest BCUT2D eigenvalue weighted by atomic mass is 19.4. The Hall–Kier alpha value is -3.80. The number of esters is 1. The van der Waals surface area contributed by atoms with E-state index in [4.69, 9.17) is 9.84 Å². The van der Waals surface area contributed by atoms with E-state index in [1.165, 1.54) is 25.3 Å². The number of nitrogens with one attached hydrogen (secondary N) is 1. The smallest absolute Gasteiger partial charge is 0.406 e. The molecule has 0 saturated heterocycles. The molecular weight excluding hydrogens is 472 g/mol. The number of ether oxygens (including phenoxy) is 1. The second-order valence-corrected chi connectivity index (χ2v) is 7.53. The first kappa shape index (κ1) is 25.8. The summed E-state index contributed by atoms with van der Waals surface area (Å²) in [5, 5.41) is 15.7. The van der Waals surface area contributed by atoms with Crippen molar-refractivity contribution in [1.29, 1.82) is 0 Å². The topological polar surface area (TPSA) is 106 Å². The average molecular weight is 494 g/mol. The predicted molar refractivity (Wildman–Crippen MR) is 116 cm³/mol. The van der Waals surface area contributed by atoms with Gasteiger partial charge in [-0.3, -0.25) is 9.59 Å². The SMILES string of the molecule is CCC(=O)Oc1c(C(=O)NCCO)c(C)nn1-c1cc(Cc2cc(F)cc(C(F)(F)F)c2)ccn1. The predicted octanol–water partition coefficient (Wildman–Crippen LogP) is 3.36. The first-order valence-electron chi connectivity index (χ1n) is 10.5. The number of aliphatic hydroxyl groups is 1. The number of pyridine rings is 1. The van der Waals surface area contributed by atoms with Crippen molar-refractivity contribution in [3.63, 3.8) is 0 Å². The van der Waals surface area contributed by atoms with Crippen molar-refractivity contribution in [2.24, 2.45) is 0 Å². The van der Waals surface area contributed by atoms with Gasteiger partial charge in [-0.25, -0.2) is 9.37 Å². The number of halogens is 4. The number of aryl methyl sites for hydroxylation is 1. The summed E-state index contributed by atoms with van der Waals surface area (Å²) in [6.45, 7) is 2.74. The number of aliphatic hydroxyl groups excluding tert-OH is 1. The number of amides is 1. The summed E-state index contributed by atoms with van der Waals surface area (Å²) in [4.78, 5) is 28.8. The van der Waals surface area contributed by atoms with Crippen LogP contribution in [-0.4, -0.2) is 44.9 Å². The van der Waals surface area contributed by atoms with Gasteiger partial charge in [0.15, 0.2) is 5.82 Å². The van der Waals surface area contributed by atoms with Gasteiger partial charge in [-0.05, 0) is 54.8 Å². The van der Waals surface area contributed by atoms with Crippen LogP contribution in [0.1, 0.15) is 46.1 Å². The molecular formula is C23H22F4N4O4. The number of hydrogen-bond donors (Lipinski definition) is 2. The number of rotatable bonds is 8. The number of carbonyl (C=O) groups is 2. The van der Waals surface area contributed by atoms with Gasteiger partial charge >= 0.3 is 12.1 Å². The lowest BCUT2D eigenvalue weighted by atomic mass is 10.0. The zero-order valence-corrected chi connectivity index (χ0v) is 18.8. The molecule has 0 aliphatic heterocycles. The minimum atomic E-state index is -4.70. The molecule has 0 aliphatic rings. The fourth-order valence-electron chi connectivity index (χ4n) is 3.29. The highest BCUT2D eigenvalue weighted by Gasteiger charge is 2.31. The first-order valence-corrected chi connectivity index (χ1v) is 10.5. The minimum Gasteiger partial charge on any atom is -0.406 e. The van der Waals surface area contributed by atoms with Crippen molar-refractivity contribution in [2.45, 2.75) is 32.9 Å². The Balaban J connectivity index is 2.02. The van der Waals surface area contributed by atoms with Gasteiger partial charge in [-0.2, -0.15) is 23.0 Å². The molecule has 0 aliphatic carbocycles. The summed E-state index contributed by atoms with van der Waals surface area (Å²) in [5.74, 6) is -2.35. The van der Waals surface area contributed by atoms with Crippen LogP contribution < -0.4 is 10.1 Å². The maximum absolute atomic E-state index is 13.8. The van der Waals surface area contributed by atoms with Crippen LogP contribution in [0.4, 0.5) is 17.6 Å². The summed E-state index contributed by atoms with van der Waals surface area (Å²) in [5.41, 5.74) is -0.357. The molecule has 0 bridgehead atoms. The largest absolute Gasteiger partial charge is 0.416 e. The van der Waals surface area contributed by atoms with Crippen molar-refractivity contribution >= 4 is 11.9 Å². The van der Waals surface area contributed by atoms with E-state index in [2.05, 4.69) is 15.4 Å². The third-order valence-corrected chi connectivity index (χ3v) is 4.86. The number of alkyl halides is 3. The third-order valence-electron chi connectivity index (χ3n) is 4.86. The maximum atomic E-state index is 13.8. The van der Waals surface area contributed by atoms with Crippen LogP contribution in [0, 0.1) is 12.7 Å². The van der Waals surface area contributed by atoms with Gasteiger partial charge in [0.2, 0.25) is 5.88 Å². The molecule has 2 heterocycles. The highest BCUT2D eigenvalue weighted by Crippen LogP contribution is 2.31. The fourth-order valence-corrected chi connectivity index (χ4v) is 3.29. The Morgan fingerprint density at radius 2 is 1.91 bits per heavy atom. The second-order valence-electron chi connectivity index (χ2n) is 7.53. The number of carbonyl (C=O) groups excluding carboxylic acids is 2. The number of nitrogens with zero attached hydrogens (tertiary/aromatic N) is 3. The second kappa shape index (κ2) is 10.6. The lowest BCUT2D eigenvalue weighted by Gasteiger charge is -2.11. The summed E-state index contributed by atoms with van der Waals surface area (Å²) >= 11 is 0. The number of hydrogen-bond acceptors (Lipinski definition) is 6. The molecule has 0 saturated carbocycles. The lowest BCUT2D eigenvalue weighted by molar-refractivity contribution is -0.138. The van der Waals surface area contributed by atoms with Crippen LogP contribution in [0.15, 0.2) is 36.5 Å². The maximum Gasteiger partial charge on any atom is 0.416 e. The Morgan fingerprint density at radius 1 is 1.17 bits per heavy atom. The Bertz CT molecular complexity index is 1240. The molecule has 3 rings (SSSR count). The van der Waals surface area contributed by atoms with E-state index < -0.39 is 29.4 Å². The standard InChI is InChI=1S/C23H22F4N4O4/c1-3-19(33)35-22-20(21(34)29-6-7-32)13(2)30-31(22)18-11-14(4-5-28-18)8-15-9-16(23(25,26)27)12-17(24)10-15/h4-5,9-12,32H,3,6-8H2,1-2H3,(H,29,34). The highest BCUT2D eigenvalue weighted by molar-refractivity contribution is 5.98. The van der Waals surface area contributed by atoms with E-state index >= 15 is 0 Å². The van der Waals surface area contributed by atoms with Gasteiger partial charge < -0.3 is 15.2 Å². The van der Waals surface area contributed by atoms with Crippen molar-refractivity contribution in [2.75, 3.05) is 13.2 Å². The van der Waals surface area contributed by atoms with E-state index in [1.807, 2.05) is 0 Å². The molecule has 0 radical (unpaired) electrons.